The lowest BCUT2D eigenvalue weighted by Gasteiger charge is -2.15. The van der Waals surface area contributed by atoms with Crippen LogP contribution in [0.5, 0.6) is 6.01 Å². The monoisotopic (exact) mass is 384 g/mol. The third kappa shape index (κ3) is 6.05. The van der Waals surface area contributed by atoms with Crippen molar-refractivity contribution in [3.63, 3.8) is 0 Å². The Morgan fingerprint density at radius 3 is 2.64 bits per heavy atom. The molecule has 0 bridgehead atoms. The quantitative estimate of drug-likeness (QED) is 0.599. The zero-order valence-electron chi connectivity index (χ0n) is 17.2. The number of likely N-dealkylation sites (tertiary alicyclic amines) is 1. The van der Waals surface area contributed by atoms with E-state index in [1.165, 1.54) is 31.5 Å². The van der Waals surface area contributed by atoms with E-state index < -0.39 is 0 Å². The molecule has 2 N–H and O–H groups in total. The van der Waals surface area contributed by atoms with E-state index in [1.54, 1.807) is 0 Å². The predicted octanol–water partition coefficient (Wildman–Crippen LogP) is 4.04. The van der Waals surface area contributed by atoms with Gasteiger partial charge in [0.05, 0.1) is 6.61 Å². The first-order valence-electron chi connectivity index (χ1n) is 10.4. The van der Waals surface area contributed by atoms with E-state index >= 15 is 0 Å². The van der Waals surface area contributed by atoms with Gasteiger partial charge in [-0.05, 0) is 69.4 Å². The summed E-state index contributed by atoms with van der Waals surface area (Å²) in [5.74, 6) is 1.50. The van der Waals surface area contributed by atoms with Crippen molar-refractivity contribution < 1.29 is 4.74 Å². The summed E-state index contributed by atoms with van der Waals surface area (Å²) in [6.45, 7) is 11.2. The summed E-state index contributed by atoms with van der Waals surface area (Å²) in [5, 5.41) is 6.60. The molecule has 1 aromatic heterocycles. The Labute approximate surface area is 167 Å². The van der Waals surface area contributed by atoms with Crippen LogP contribution in [0.25, 0.3) is 0 Å². The summed E-state index contributed by atoms with van der Waals surface area (Å²) >= 11 is 0. The molecule has 1 saturated heterocycles. The van der Waals surface area contributed by atoms with E-state index in [0.29, 0.717) is 30.4 Å². The Morgan fingerprint density at radius 2 is 1.89 bits per heavy atom. The van der Waals surface area contributed by atoms with E-state index in [4.69, 9.17) is 4.74 Å². The maximum atomic E-state index is 5.52. The molecule has 0 atom stereocenters. The average Bonchev–Trinajstić information content (AvgIpc) is 3.19. The molecule has 3 rings (SSSR count). The largest absolute Gasteiger partial charge is 0.464 e. The van der Waals surface area contributed by atoms with Crippen molar-refractivity contribution in [3.05, 3.63) is 29.8 Å². The van der Waals surface area contributed by atoms with Gasteiger partial charge in [0.25, 0.3) is 0 Å². The molecule has 0 aliphatic carbocycles. The van der Waals surface area contributed by atoms with Gasteiger partial charge in [-0.2, -0.15) is 15.0 Å². The highest BCUT2D eigenvalue weighted by molar-refractivity contribution is 5.55. The first-order chi connectivity index (χ1) is 13.6. The first kappa shape index (κ1) is 20.3. The second-order valence-corrected chi connectivity index (χ2v) is 7.43. The van der Waals surface area contributed by atoms with Crippen LogP contribution in [0.2, 0.25) is 0 Å². The molecular formula is C21H32N6O. The van der Waals surface area contributed by atoms with Crippen molar-refractivity contribution >= 4 is 17.6 Å². The van der Waals surface area contributed by atoms with E-state index in [-0.39, 0.29) is 0 Å². The Bertz CT molecular complexity index is 745. The maximum Gasteiger partial charge on any atom is 0.323 e. The van der Waals surface area contributed by atoms with Gasteiger partial charge >= 0.3 is 6.01 Å². The molecule has 1 aliphatic rings. The van der Waals surface area contributed by atoms with Crippen molar-refractivity contribution in [2.24, 2.45) is 0 Å². The number of benzene rings is 1. The fraction of sp³-hybridized carbons (Fsp3) is 0.571. The van der Waals surface area contributed by atoms with Gasteiger partial charge < -0.3 is 20.3 Å². The molecule has 7 heteroatoms. The van der Waals surface area contributed by atoms with Gasteiger partial charge in [-0.15, -0.1) is 0 Å². The fourth-order valence-corrected chi connectivity index (χ4v) is 3.30. The Morgan fingerprint density at radius 1 is 1.11 bits per heavy atom. The lowest BCUT2D eigenvalue weighted by atomic mass is 10.0. The summed E-state index contributed by atoms with van der Waals surface area (Å²) in [5.41, 5.74) is 2.23. The number of hydrogen-bond acceptors (Lipinski definition) is 7. The van der Waals surface area contributed by atoms with Crippen LogP contribution in [0.3, 0.4) is 0 Å². The molecular weight excluding hydrogens is 352 g/mol. The molecule has 28 heavy (non-hydrogen) atoms. The van der Waals surface area contributed by atoms with E-state index in [0.717, 1.165) is 25.2 Å². The van der Waals surface area contributed by atoms with E-state index in [9.17, 15) is 0 Å². The van der Waals surface area contributed by atoms with Crippen molar-refractivity contribution in [1.29, 1.82) is 0 Å². The van der Waals surface area contributed by atoms with Crippen molar-refractivity contribution in [2.75, 3.05) is 43.4 Å². The summed E-state index contributed by atoms with van der Waals surface area (Å²) < 4.78 is 5.52. The standard InChI is InChI=1S/C21H32N6O/c1-4-28-21-25-19(22-11-8-14-27-12-5-6-13-27)24-20(26-21)23-18-10-7-9-17(15-18)16(2)3/h7,9-10,15-16H,4-6,8,11-14H2,1-3H3,(H2,22,23,24,25,26). The van der Waals surface area contributed by atoms with Gasteiger partial charge in [0.1, 0.15) is 0 Å². The van der Waals surface area contributed by atoms with Gasteiger partial charge in [0.2, 0.25) is 11.9 Å². The van der Waals surface area contributed by atoms with Crippen LogP contribution < -0.4 is 15.4 Å². The molecule has 2 heterocycles. The number of hydrogen-bond donors (Lipinski definition) is 2. The zero-order chi connectivity index (χ0) is 19.8. The minimum Gasteiger partial charge on any atom is -0.464 e. The average molecular weight is 385 g/mol. The number of nitrogens with zero attached hydrogens (tertiary/aromatic N) is 4. The molecule has 1 aromatic carbocycles. The Balaban J connectivity index is 1.63. The van der Waals surface area contributed by atoms with E-state index in [1.807, 2.05) is 19.1 Å². The molecule has 1 aliphatic heterocycles. The second kappa shape index (κ2) is 10.2. The van der Waals surface area contributed by atoms with Crippen LogP contribution in [0.1, 0.15) is 51.5 Å². The van der Waals surface area contributed by atoms with Crippen LogP contribution >= 0.6 is 0 Å². The fourth-order valence-electron chi connectivity index (χ4n) is 3.30. The number of nitrogens with one attached hydrogen (secondary N) is 2. The number of anilines is 3. The van der Waals surface area contributed by atoms with Gasteiger partial charge in [0.15, 0.2) is 0 Å². The highest BCUT2D eigenvalue weighted by atomic mass is 16.5. The van der Waals surface area contributed by atoms with Gasteiger partial charge in [-0.25, -0.2) is 0 Å². The molecule has 0 unspecified atom stereocenters. The number of aromatic nitrogens is 3. The Kier molecular flexibility index (Phi) is 7.42. The van der Waals surface area contributed by atoms with Gasteiger partial charge in [-0.3, -0.25) is 0 Å². The summed E-state index contributed by atoms with van der Waals surface area (Å²) in [6.07, 6.45) is 3.71. The summed E-state index contributed by atoms with van der Waals surface area (Å²) in [7, 11) is 0. The van der Waals surface area contributed by atoms with Crippen LogP contribution in [0.4, 0.5) is 17.6 Å². The van der Waals surface area contributed by atoms with Crippen LogP contribution in [0.15, 0.2) is 24.3 Å². The molecule has 0 amide bonds. The van der Waals surface area contributed by atoms with Crippen molar-refractivity contribution in [3.8, 4) is 6.01 Å². The molecule has 152 valence electrons. The Hall–Kier alpha value is -2.41. The third-order valence-corrected chi connectivity index (χ3v) is 4.83. The normalized spacial score (nSPS) is 14.4. The smallest absolute Gasteiger partial charge is 0.323 e. The molecule has 7 nitrogen and oxygen atoms in total. The summed E-state index contributed by atoms with van der Waals surface area (Å²) in [4.78, 5) is 15.8. The number of ether oxygens (including phenoxy) is 1. The third-order valence-electron chi connectivity index (χ3n) is 4.83. The molecule has 2 aromatic rings. The maximum absolute atomic E-state index is 5.52. The SMILES string of the molecule is CCOc1nc(NCCCN2CCCC2)nc(Nc2cccc(C(C)C)c2)n1. The molecule has 0 radical (unpaired) electrons. The van der Waals surface area contributed by atoms with Gasteiger partial charge in [0, 0.05) is 12.2 Å². The lowest BCUT2D eigenvalue weighted by molar-refractivity contribution is 0.312. The first-order valence-corrected chi connectivity index (χ1v) is 10.4. The summed E-state index contributed by atoms with van der Waals surface area (Å²) in [6, 6.07) is 8.64. The zero-order valence-corrected chi connectivity index (χ0v) is 17.2. The van der Waals surface area contributed by atoms with Crippen molar-refractivity contribution in [2.45, 2.75) is 46.0 Å². The topological polar surface area (TPSA) is 75.2 Å². The molecule has 1 fully saturated rings. The highest BCUT2D eigenvalue weighted by Gasteiger charge is 2.11. The molecule has 0 spiro atoms. The second-order valence-electron chi connectivity index (χ2n) is 7.43. The van der Waals surface area contributed by atoms with Crippen LogP contribution in [-0.2, 0) is 0 Å². The van der Waals surface area contributed by atoms with E-state index in [2.05, 4.69) is 56.5 Å². The van der Waals surface area contributed by atoms with Crippen molar-refractivity contribution in [1.82, 2.24) is 19.9 Å². The number of rotatable bonds is 10. The predicted molar refractivity (Wildman–Crippen MR) is 114 cm³/mol. The lowest BCUT2D eigenvalue weighted by Crippen LogP contribution is -2.22. The van der Waals surface area contributed by atoms with Crippen LogP contribution in [0, 0.1) is 0 Å². The minimum absolute atomic E-state index is 0.335. The molecule has 0 saturated carbocycles. The minimum atomic E-state index is 0.335. The van der Waals surface area contributed by atoms with Crippen LogP contribution in [-0.4, -0.2) is 52.6 Å². The van der Waals surface area contributed by atoms with Gasteiger partial charge in [-0.1, -0.05) is 26.0 Å². The highest BCUT2D eigenvalue weighted by Crippen LogP contribution is 2.21.